The number of hydrogen-bond donors (Lipinski definition) is 2. The predicted octanol–water partition coefficient (Wildman–Crippen LogP) is 2.36. The molecule has 0 unspecified atom stereocenters. The van der Waals surface area contributed by atoms with Gasteiger partial charge < -0.3 is 4.98 Å². The predicted molar refractivity (Wildman–Crippen MR) is 83.6 cm³/mol. The molecule has 0 radical (unpaired) electrons. The average molecular weight is 307 g/mol. The van der Waals surface area contributed by atoms with Gasteiger partial charge in [-0.1, -0.05) is 31.4 Å². The molecule has 0 bridgehead atoms. The Morgan fingerprint density at radius 1 is 1.19 bits per heavy atom. The molecule has 0 amide bonds. The van der Waals surface area contributed by atoms with Crippen molar-refractivity contribution in [1.29, 1.82) is 0 Å². The Hall–Kier alpha value is -1.40. The molecule has 1 heterocycles. The van der Waals surface area contributed by atoms with Crippen molar-refractivity contribution < 1.29 is 8.42 Å². The molecular weight excluding hydrogens is 286 g/mol. The van der Waals surface area contributed by atoms with Crippen LogP contribution >= 0.6 is 0 Å². The van der Waals surface area contributed by atoms with E-state index in [0.29, 0.717) is 13.0 Å². The van der Waals surface area contributed by atoms with E-state index in [0.717, 1.165) is 49.0 Å². The van der Waals surface area contributed by atoms with Crippen LogP contribution in [0.5, 0.6) is 0 Å². The Morgan fingerprint density at radius 3 is 2.71 bits per heavy atom. The lowest BCUT2D eigenvalue weighted by molar-refractivity contribution is 0.477. The second-order valence-electron chi connectivity index (χ2n) is 5.65. The molecule has 0 saturated heterocycles. The fourth-order valence-electron chi connectivity index (χ4n) is 2.93. The monoisotopic (exact) mass is 307 g/mol. The van der Waals surface area contributed by atoms with Gasteiger partial charge in [-0.25, -0.2) is 18.1 Å². The van der Waals surface area contributed by atoms with Crippen molar-refractivity contribution in [1.82, 2.24) is 14.7 Å². The van der Waals surface area contributed by atoms with Gasteiger partial charge in [-0.2, -0.15) is 0 Å². The second-order valence-corrected chi connectivity index (χ2v) is 7.70. The largest absolute Gasteiger partial charge is 0.342 e. The summed E-state index contributed by atoms with van der Waals surface area (Å²) in [7, 11) is -3.18. The van der Waals surface area contributed by atoms with Gasteiger partial charge in [-0.3, -0.25) is 0 Å². The lowest BCUT2D eigenvalue weighted by atomic mass is 10.0. The van der Waals surface area contributed by atoms with Crippen molar-refractivity contribution in [2.75, 3.05) is 6.54 Å². The van der Waals surface area contributed by atoms with Crippen molar-refractivity contribution in [3.63, 3.8) is 0 Å². The third kappa shape index (κ3) is 3.44. The number of imidazole rings is 1. The van der Waals surface area contributed by atoms with Crippen molar-refractivity contribution >= 4 is 21.1 Å². The van der Waals surface area contributed by atoms with Crippen LogP contribution in [0.25, 0.3) is 11.0 Å². The minimum absolute atomic E-state index is 0.207. The van der Waals surface area contributed by atoms with Crippen LogP contribution in [0.4, 0.5) is 0 Å². The third-order valence-electron chi connectivity index (χ3n) is 4.09. The average Bonchev–Trinajstić information content (AvgIpc) is 2.90. The van der Waals surface area contributed by atoms with Gasteiger partial charge in [0.15, 0.2) is 0 Å². The molecule has 1 fully saturated rings. The maximum Gasteiger partial charge on any atom is 0.214 e. The highest BCUT2D eigenvalue weighted by Gasteiger charge is 2.26. The van der Waals surface area contributed by atoms with Crippen LogP contribution in [0.15, 0.2) is 24.3 Å². The van der Waals surface area contributed by atoms with Gasteiger partial charge in [0, 0.05) is 13.0 Å². The molecule has 1 saturated carbocycles. The van der Waals surface area contributed by atoms with Crippen LogP contribution in [0, 0.1) is 0 Å². The zero-order valence-electron chi connectivity index (χ0n) is 12.0. The molecule has 1 aromatic carbocycles. The van der Waals surface area contributed by atoms with Crippen molar-refractivity contribution in [3.05, 3.63) is 30.1 Å². The Bertz CT molecular complexity index is 670. The van der Waals surface area contributed by atoms with E-state index in [2.05, 4.69) is 14.7 Å². The van der Waals surface area contributed by atoms with E-state index in [1.165, 1.54) is 0 Å². The van der Waals surface area contributed by atoms with Crippen LogP contribution < -0.4 is 4.72 Å². The number of H-pyrrole nitrogens is 1. The fraction of sp³-hybridized carbons (Fsp3) is 0.533. The number of sulfonamides is 1. The Balaban J connectivity index is 1.57. The molecule has 0 spiro atoms. The van der Waals surface area contributed by atoms with Gasteiger partial charge in [-0.15, -0.1) is 0 Å². The fourth-order valence-corrected chi connectivity index (χ4v) is 4.51. The number of benzene rings is 1. The third-order valence-corrected chi connectivity index (χ3v) is 6.05. The van der Waals surface area contributed by atoms with E-state index in [9.17, 15) is 8.42 Å². The number of aromatic nitrogens is 2. The Morgan fingerprint density at radius 2 is 1.95 bits per heavy atom. The Kier molecular flexibility index (Phi) is 4.26. The summed E-state index contributed by atoms with van der Waals surface area (Å²) in [6, 6.07) is 7.81. The first-order valence-corrected chi connectivity index (χ1v) is 9.12. The minimum Gasteiger partial charge on any atom is -0.342 e. The molecule has 1 aliphatic carbocycles. The molecule has 1 aliphatic rings. The summed E-state index contributed by atoms with van der Waals surface area (Å²) in [5.74, 6) is 0.822. The molecule has 21 heavy (non-hydrogen) atoms. The molecule has 3 rings (SSSR count). The molecule has 5 nitrogen and oxygen atoms in total. The van der Waals surface area contributed by atoms with E-state index < -0.39 is 10.0 Å². The number of rotatable bonds is 5. The van der Waals surface area contributed by atoms with Gasteiger partial charge in [0.2, 0.25) is 10.0 Å². The molecule has 1 aromatic heterocycles. The summed E-state index contributed by atoms with van der Waals surface area (Å²) in [5, 5.41) is -0.207. The zero-order chi connectivity index (χ0) is 14.7. The standard InChI is InChI=1S/C15H21N3O2S/c19-21(20,12-6-2-1-3-7-12)16-11-10-15-17-13-8-4-5-9-14(13)18-15/h4-5,8-9,12,16H,1-3,6-7,10-11H2,(H,17,18). The quantitative estimate of drug-likeness (QED) is 0.890. The summed E-state index contributed by atoms with van der Waals surface area (Å²) < 4.78 is 27.1. The SMILES string of the molecule is O=S(=O)(NCCc1nc2ccccc2[nH]1)C1CCCCC1. The van der Waals surface area contributed by atoms with Crippen LogP contribution in [0.1, 0.15) is 37.9 Å². The number of aromatic amines is 1. The first-order valence-electron chi connectivity index (χ1n) is 7.57. The van der Waals surface area contributed by atoms with E-state index in [-0.39, 0.29) is 5.25 Å². The number of nitrogens with zero attached hydrogens (tertiary/aromatic N) is 1. The number of hydrogen-bond acceptors (Lipinski definition) is 3. The van der Waals surface area contributed by atoms with Gasteiger partial charge in [0.1, 0.15) is 5.82 Å². The summed E-state index contributed by atoms with van der Waals surface area (Å²) >= 11 is 0. The number of fused-ring (bicyclic) bond motifs is 1. The van der Waals surface area contributed by atoms with E-state index in [1.807, 2.05) is 24.3 Å². The first kappa shape index (κ1) is 14.5. The molecule has 0 aliphatic heterocycles. The van der Waals surface area contributed by atoms with Crippen LogP contribution in [0.2, 0.25) is 0 Å². The second kappa shape index (κ2) is 6.15. The zero-order valence-corrected chi connectivity index (χ0v) is 12.8. The lowest BCUT2D eigenvalue weighted by Crippen LogP contribution is -2.36. The van der Waals surface area contributed by atoms with Crippen LogP contribution in [-0.4, -0.2) is 30.2 Å². The molecule has 0 atom stereocenters. The normalized spacial score (nSPS) is 17.3. The maximum absolute atomic E-state index is 12.2. The molecule has 2 N–H and O–H groups in total. The molecular formula is C15H21N3O2S. The van der Waals surface area contributed by atoms with Gasteiger partial charge in [0.05, 0.1) is 16.3 Å². The van der Waals surface area contributed by atoms with Gasteiger partial charge >= 0.3 is 0 Å². The molecule has 6 heteroatoms. The lowest BCUT2D eigenvalue weighted by Gasteiger charge is -2.21. The minimum atomic E-state index is -3.18. The number of para-hydroxylation sites is 2. The Labute approximate surface area is 125 Å². The van der Waals surface area contributed by atoms with Gasteiger partial charge in [-0.05, 0) is 25.0 Å². The van der Waals surface area contributed by atoms with Crippen molar-refractivity contribution in [2.45, 2.75) is 43.8 Å². The topological polar surface area (TPSA) is 74.8 Å². The smallest absolute Gasteiger partial charge is 0.214 e. The summed E-state index contributed by atoms with van der Waals surface area (Å²) in [6.07, 6.45) is 5.37. The molecule has 114 valence electrons. The van der Waals surface area contributed by atoms with Crippen LogP contribution in [0.3, 0.4) is 0 Å². The van der Waals surface area contributed by atoms with E-state index in [4.69, 9.17) is 0 Å². The van der Waals surface area contributed by atoms with E-state index in [1.54, 1.807) is 0 Å². The molecule has 2 aromatic rings. The van der Waals surface area contributed by atoms with Crippen molar-refractivity contribution in [2.24, 2.45) is 0 Å². The van der Waals surface area contributed by atoms with E-state index >= 15 is 0 Å². The summed E-state index contributed by atoms with van der Waals surface area (Å²) in [6.45, 7) is 0.401. The highest BCUT2D eigenvalue weighted by atomic mass is 32.2. The summed E-state index contributed by atoms with van der Waals surface area (Å²) in [4.78, 5) is 7.67. The summed E-state index contributed by atoms with van der Waals surface area (Å²) in [5.41, 5.74) is 1.91. The van der Waals surface area contributed by atoms with Crippen LogP contribution in [-0.2, 0) is 16.4 Å². The maximum atomic E-state index is 12.2. The van der Waals surface area contributed by atoms with Gasteiger partial charge in [0.25, 0.3) is 0 Å². The van der Waals surface area contributed by atoms with Crippen molar-refractivity contribution in [3.8, 4) is 0 Å². The first-order chi connectivity index (χ1) is 10.1. The highest BCUT2D eigenvalue weighted by molar-refractivity contribution is 7.90. The number of nitrogens with one attached hydrogen (secondary N) is 2. The highest BCUT2D eigenvalue weighted by Crippen LogP contribution is 2.22.